The fraction of sp³-hybridized carbons (Fsp3) is 0.0588. The van der Waals surface area contributed by atoms with Gasteiger partial charge in [0.05, 0.1) is 16.3 Å². The summed E-state index contributed by atoms with van der Waals surface area (Å²) in [6.45, 7) is 5.24. The van der Waals surface area contributed by atoms with E-state index < -0.39 is 0 Å². The van der Waals surface area contributed by atoms with E-state index in [0.29, 0.717) is 27.4 Å². The molecule has 0 aromatic heterocycles. The van der Waals surface area contributed by atoms with E-state index >= 15 is 0 Å². The topological polar surface area (TPSA) is 46.2 Å². The largest absolute Gasteiger partial charge is 0.321 e. The van der Waals surface area contributed by atoms with Crippen LogP contribution in [0.15, 0.2) is 60.7 Å². The number of allylic oxidation sites excluding steroid dienone is 6. The minimum absolute atomic E-state index is 0.235. The fourth-order valence-electron chi connectivity index (χ4n) is 1.95. The Morgan fingerprint density at radius 1 is 1.33 bits per heavy atom. The van der Waals surface area contributed by atoms with Gasteiger partial charge in [0.1, 0.15) is 0 Å². The Labute approximate surface area is 128 Å². The van der Waals surface area contributed by atoms with E-state index in [4.69, 9.17) is 11.6 Å². The quantitative estimate of drug-likeness (QED) is 0.676. The van der Waals surface area contributed by atoms with Crippen molar-refractivity contribution >= 4 is 34.6 Å². The summed E-state index contributed by atoms with van der Waals surface area (Å²) < 4.78 is 0. The third kappa shape index (κ3) is 3.20. The van der Waals surface area contributed by atoms with Gasteiger partial charge in [0, 0.05) is 5.56 Å². The number of anilines is 1. The Bertz CT molecular complexity index is 712. The van der Waals surface area contributed by atoms with Crippen molar-refractivity contribution in [1.29, 1.82) is 0 Å². The van der Waals surface area contributed by atoms with Crippen LogP contribution in [0.3, 0.4) is 0 Å². The van der Waals surface area contributed by atoms with Crippen molar-refractivity contribution in [2.45, 2.75) is 6.92 Å². The summed E-state index contributed by atoms with van der Waals surface area (Å²) in [4.78, 5) is 24.1. The molecule has 2 rings (SSSR count). The van der Waals surface area contributed by atoms with Crippen molar-refractivity contribution < 1.29 is 9.59 Å². The molecule has 0 spiro atoms. The summed E-state index contributed by atoms with van der Waals surface area (Å²) in [6, 6.07) is 5.19. The Kier molecular flexibility index (Phi) is 4.55. The molecule has 106 valence electrons. The second kappa shape index (κ2) is 6.37. The van der Waals surface area contributed by atoms with Crippen LogP contribution in [0.1, 0.15) is 12.5 Å². The molecule has 1 aromatic rings. The van der Waals surface area contributed by atoms with Gasteiger partial charge >= 0.3 is 0 Å². The van der Waals surface area contributed by atoms with E-state index in [1.54, 1.807) is 49.4 Å². The number of hydrogen-bond donors (Lipinski definition) is 1. The Balaban J connectivity index is 2.37. The molecule has 0 saturated heterocycles. The molecule has 21 heavy (non-hydrogen) atoms. The number of amides is 1. The predicted octanol–water partition coefficient (Wildman–Crippen LogP) is 3.93. The minimum Gasteiger partial charge on any atom is -0.321 e. The molecule has 0 fully saturated rings. The van der Waals surface area contributed by atoms with Gasteiger partial charge in [-0.15, -0.1) is 0 Å². The molecule has 0 saturated carbocycles. The number of halogens is 1. The first-order valence-corrected chi connectivity index (χ1v) is 6.74. The van der Waals surface area contributed by atoms with Crippen LogP contribution in [-0.4, -0.2) is 11.7 Å². The van der Waals surface area contributed by atoms with Gasteiger partial charge in [-0.3, -0.25) is 9.59 Å². The molecule has 0 aliphatic carbocycles. The van der Waals surface area contributed by atoms with Crippen molar-refractivity contribution in [3.63, 3.8) is 0 Å². The Hall–Kier alpha value is -2.39. The summed E-state index contributed by atoms with van der Waals surface area (Å²) >= 11 is 6.11. The lowest BCUT2D eigenvalue weighted by atomic mass is 10.0. The van der Waals surface area contributed by atoms with Crippen LogP contribution in [0, 0.1) is 0 Å². The highest BCUT2D eigenvalue weighted by Gasteiger charge is 2.27. The second-order valence-corrected chi connectivity index (χ2v) is 4.92. The number of nitrogens with one attached hydrogen (secondary N) is 1. The summed E-state index contributed by atoms with van der Waals surface area (Å²) in [5.41, 5.74) is 2.02. The zero-order valence-corrected chi connectivity index (χ0v) is 12.3. The van der Waals surface area contributed by atoms with Crippen molar-refractivity contribution in [2.24, 2.45) is 0 Å². The highest BCUT2D eigenvalue weighted by atomic mass is 35.5. The molecule has 3 nitrogen and oxygen atoms in total. The normalized spacial score (nSPS) is 16.2. The van der Waals surface area contributed by atoms with Crippen molar-refractivity contribution in [2.75, 3.05) is 5.32 Å². The Morgan fingerprint density at radius 2 is 2.10 bits per heavy atom. The van der Waals surface area contributed by atoms with E-state index in [9.17, 15) is 9.59 Å². The van der Waals surface area contributed by atoms with E-state index in [1.807, 2.05) is 0 Å². The highest BCUT2D eigenvalue weighted by Crippen LogP contribution is 2.37. The summed E-state index contributed by atoms with van der Waals surface area (Å²) in [5.74, 6) is -0.553. The molecule has 0 atom stereocenters. The van der Waals surface area contributed by atoms with Crippen LogP contribution in [0.2, 0.25) is 5.02 Å². The molecule has 1 heterocycles. The number of benzene rings is 1. The van der Waals surface area contributed by atoms with Gasteiger partial charge in [-0.05, 0) is 30.7 Å². The average molecular weight is 300 g/mol. The molecule has 0 unspecified atom stereocenters. The van der Waals surface area contributed by atoms with Crippen LogP contribution in [0.4, 0.5) is 5.69 Å². The maximum Gasteiger partial charge on any atom is 0.256 e. The number of carbonyl (C=O) groups excluding carboxylic acids is 2. The molecule has 0 bridgehead atoms. The van der Waals surface area contributed by atoms with Crippen LogP contribution in [-0.2, 0) is 9.59 Å². The molecule has 1 aliphatic heterocycles. The SMILES string of the molecule is C=C/C=C\C=C(/C)C(=O)/C=C1/C(=O)Nc2cccc(Cl)c21. The van der Waals surface area contributed by atoms with E-state index in [0.717, 1.165) is 0 Å². The third-order valence-electron chi connectivity index (χ3n) is 3.03. The molecule has 0 radical (unpaired) electrons. The van der Waals surface area contributed by atoms with E-state index in [-0.39, 0.29) is 11.7 Å². The van der Waals surface area contributed by atoms with Gasteiger partial charge in [0.15, 0.2) is 5.78 Å². The van der Waals surface area contributed by atoms with Crippen LogP contribution in [0.5, 0.6) is 0 Å². The molecule has 4 heteroatoms. The van der Waals surface area contributed by atoms with Gasteiger partial charge in [-0.25, -0.2) is 0 Å². The van der Waals surface area contributed by atoms with Gasteiger partial charge in [-0.2, -0.15) is 0 Å². The standard InChI is InChI=1S/C17H14ClNO2/c1-3-4-5-7-11(2)15(20)10-12-16-13(18)8-6-9-14(16)19-17(12)21/h3-10H,1H2,2H3,(H,19,21)/b5-4-,11-7+,12-10+. The fourth-order valence-corrected chi connectivity index (χ4v) is 2.22. The minimum atomic E-state index is -0.319. The second-order valence-electron chi connectivity index (χ2n) is 4.51. The van der Waals surface area contributed by atoms with Gasteiger partial charge < -0.3 is 5.32 Å². The molecule has 1 aliphatic rings. The highest BCUT2D eigenvalue weighted by molar-refractivity contribution is 6.41. The van der Waals surface area contributed by atoms with Gasteiger partial charge in [0.2, 0.25) is 0 Å². The zero-order valence-electron chi connectivity index (χ0n) is 11.5. The lowest BCUT2D eigenvalue weighted by Gasteiger charge is -2.01. The number of rotatable bonds is 4. The summed E-state index contributed by atoms with van der Waals surface area (Å²) in [6.07, 6.45) is 8.04. The third-order valence-corrected chi connectivity index (χ3v) is 3.35. The Morgan fingerprint density at radius 3 is 2.81 bits per heavy atom. The molecule has 1 amide bonds. The van der Waals surface area contributed by atoms with Gasteiger partial charge in [0.25, 0.3) is 5.91 Å². The predicted molar refractivity (Wildman–Crippen MR) is 86.2 cm³/mol. The van der Waals surface area contributed by atoms with Crippen molar-refractivity contribution in [1.82, 2.24) is 0 Å². The van der Waals surface area contributed by atoms with Crippen LogP contribution < -0.4 is 5.32 Å². The maximum atomic E-state index is 12.1. The smallest absolute Gasteiger partial charge is 0.256 e. The first-order valence-electron chi connectivity index (χ1n) is 6.37. The lowest BCUT2D eigenvalue weighted by molar-refractivity contribution is -0.113. The lowest BCUT2D eigenvalue weighted by Crippen LogP contribution is -2.06. The van der Waals surface area contributed by atoms with Crippen molar-refractivity contribution in [3.8, 4) is 0 Å². The number of carbonyl (C=O) groups is 2. The summed E-state index contributed by atoms with van der Waals surface area (Å²) in [5, 5.41) is 3.14. The zero-order chi connectivity index (χ0) is 15.4. The van der Waals surface area contributed by atoms with Crippen molar-refractivity contribution in [3.05, 3.63) is 71.3 Å². The first-order chi connectivity index (χ1) is 10.0. The van der Waals surface area contributed by atoms with E-state index in [1.165, 1.54) is 6.08 Å². The number of fused-ring (bicyclic) bond motifs is 1. The van der Waals surface area contributed by atoms with Gasteiger partial charge in [-0.1, -0.05) is 48.6 Å². The van der Waals surface area contributed by atoms with Crippen LogP contribution in [0.25, 0.3) is 5.57 Å². The van der Waals surface area contributed by atoms with E-state index in [2.05, 4.69) is 11.9 Å². The number of hydrogen-bond acceptors (Lipinski definition) is 2. The molecular formula is C17H14ClNO2. The first kappa shape index (κ1) is 15.0. The molecule has 1 N–H and O–H groups in total. The summed E-state index contributed by atoms with van der Waals surface area (Å²) in [7, 11) is 0. The van der Waals surface area contributed by atoms with Crippen LogP contribution >= 0.6 is 11.6 Å². The molecule has 1 aromatic carbocycles. The molecular weight excluding hydrogens is 286 g/mol. The number of ketones is 1. The monoisotopic (exact) mass is 299 g/mol. The maximum absolute atomic E-state index is 12.1. The average Bonchev–Trinajstić information content (AvgIpc) is 2.76.